The first-order chi connectivity index (χ1) is 10.1. The van der Waals surface area contributed by atoms with Crippen molar-refractivity contribution in [2.24, 2.45) is 0 Å². The first kappa shape index (κ1) is 14.4. The highest BCUT2D eigenvalue weighted by Gasteiger charge is 2.16. The summed E-state index contributed by atoms with van der Waals surface area (Å²) >= 11 is 4.23. The molecular weight excluding hydrogens is 326 g/mol. The van der Waals surface area contributed by atoms with Gasteiger partial charge >= 0.3 is 5.97 Å². The van der Waals surface area contributed by atoms with Crippen LogP contribution in [0.2, 0.25) is 0 Å². The Kier molecular flexibility index (Phi) is 3.92. The number of carboxylic acid groups (broad SMARTS) is 1. The number of aryl methyl sites for hydroxylation is 2. The molecule has 0 bridgehead atoms. The number of hydrogen-bond acceptors (Lipinski definition) is 7. The SMILES string of the molecule is CCc1cc2c(Sc3nc(C)c(C(=O)O)s3)ncnc2s1. The summed E-state index contributed by atoms with van der Waals surface area (Å²) in [5.41, 5.74) is 0.542. The quantitative estimate of drug-likeness (QED) is 0.728. The molecule has 8 heteroatoms. The molecule has 0 spiro atoms. The van der Waals surface area contributed by atoms with Crippen LogP contribution in [0, 0.1) is 6.92 Å². The molecule has 0 aliphatic carbocycles. The molecule has 5 nitrogen and oxygen atoms in total. The fourth-order valence-corrected chi connectivity index (χ4v) is 4.84. The number of aromatic carboxylic acids is 1. The van der Waals surface area contributed by atoms with E-state index >= 15 is 0 Å². The number of nitrogens with zero attached hydrogens (tertiary/aromatic N) is 3. The van der Waals surface area contributed by atoms with Crippen LogP contribution in [0.3, 0.4) is 0 Å². The Morgan fingerprint density at radius 3 is 2.86 bits per heavy atom. The van der Waals surface area contributed by atoms with Gasteiger partial charge in [0.25, 0.3) is 0 Å². The zero-order chi connectivity index (χ0) is 15.0. The summed E-state index contributed by atoms with van der Waals surface area (Å²) in [5.74, 6) is -0.937. The molecule has 21 heavy (non-hydrogen) atoms. The Morgan fingerprint density at radius 1 is 1.38 bits per heavy atom. The van der Waals surface area contributed by atoms with Crippen molar-refractivity contribution in [3.63, 3.8) is 0 Å². The molecule has 1 N–H and O–H groups in total. The molecule has 0 aliphatic heterocycles. The Labute approximate surface area is 133 Å². The number of hydrogen-bond donors (Lipinski definition) is 1. The lowest BCUT2D eigenvalue weighted by molar-refractivity contribution is 0.0701. The lowest BCUT2D eigenvalue weighted by atomic mass is 10.3. The van der Waals surface area contributed by atoms with Gasteiger partial charge in [-0.2, -0.15) is 0 Å². The number of carbonyl (C=O) groups is 1. The van der Waals surface area contributed by atoms with Crippen LogP contribution in [-0.4, -0.2) is 26.0 Å². The zero-order valence-electron chi connectivity index (χ0n) is 11.3. The van der Waals surface area contributed by atoms with E-state index in [-0.39, 0.29) is 4.88 Å². The Balaban J connectivity index is 1.99. The van der Waals surface area contributed by atoms with Crippen molar-refractivity contribution < 1.29 is 9.90 Å². The third kappa shape index (κ3) is 2.78. The second-order valence-electron chi connectivity index (χ2n) is 4.27. The van der Waals surface area contributed by atoms with Crippen molar-refractivity contribution in [3.05, 3.63) is 27.8 Å². The molecule has 3 aromatic heterocycles. The van der Waals surface area contributed by atoms with E-state index in [2.05, 4.69) is 27.9 Å². The van der Waals surface area contributed by atoms with Gasteiger partial charge in [-0.15, -0.1) is 11.3 Å². The van der Waals surface area contributed by atoms with Crippen molar-refractivity contribution >= 4 is 50.6 Å². The monoisotopic (exact) mass is 337 g/mol. The Bertz CT molecular complexity index is 825. The highest BCUT2D eigenvalue weighted by molar-refractivity contribution is 8.01. The minimum Gasteiger partial charge on any atom is -0.477 e. The van der Waals surface area contributed by atoms with Crippen LogP contribution in [0.15, 0.2) is 21.8 Å². The minimum atomic E-state index is -0.937. The van der Waals surface area contributed by atoms with E-state index in [1.165, 1.54) is 28.0 Å². The molecule has 3 heterocycles. The predicted octanol–water partition coefficient (Wildman–Crippen LogP) is 3.87. The summed E-state index contributed by atoms with van der Waals surface area (Å²) in [5, 5.41) is 10.9. The van der Waals surface area contributed by atoms with Crippen molar-refractivity contribution in [1.29, 1.82) is 0 Å². The van der Waals surface area contributed by atoms with Crippen molar-refractivity contribution in [1.82, 2.24) is 15.0 Å². The summed E-state index contributed by atoms with van der Waals surface area (Å²) in [4.78, 5) is 26.5. The maximum atomic E-state index is 11.1. The van der Waals surface area contributed by atoms with Gasteiger partial charge in [0, 0.05) is 10.3 Å². The number of carboxylic acids is 1. The molecule has 3 rings (SSSR count). The van der Waals surface area contributed by atoms with E-state index in [4.69, 9.17) is 5.11 Å². The first-order valence-corrected chi connectivity index (χ1v) is 8.65. The third-order valence-corrected chi connectivity index (χ3v) is 6.26. The molecule has 3 aromatic rings. The van der Waals surface area contributed by atoms with Crippen LogP contribution < -0.4 is 0 Å². The zero-order valence-corrected chi connectivity index (χ0v) is 13.7. The minimum absolute atomic E-state index is 0.280. The second kappa shape index (κ2) is 5.70. The second-order valence-corrected chi connectivity index (χ2v) is 7.62. The van der Waals surface area contributed by atoms with Crippen LogP contribution in [0.5, 0.6) is 0 Å². The number of rotatable bonds is 4. The summed E-state index contributed by atoms with van der Waals surface area (Å²) in [7, 11) is 0. The molecule has 0 radical (unpaired) electrons. The maximum Gasteiger partial charge on any atom is 0.347 e. The number of fused-ring (bicyclic) bond motifs is 1. The molecule has 0 amide bonds. The highest BCUT2D eigenvalue weighted by atomic mass is 32.2. The average Bonchev–Trinajstić information content (AvgIpc) is 3.02. The van der Waals surface area contributed by atoms with Crippen LogP contribution in [0.4, 0.5) is 0 Å². The largest absolute Gasteiger partial charge is 0.477 e. The fraction of sp³-hybridized carbons (Fsp3) is 0.231. The van der Waals surface area contributed by atoms with Crippen molar-refractivity contribution in [2.45, 2.75) is 29.6 Å². The van der Waals surface area contributed by atoms with Gasteiger partial charge in [0.05, 0.1) is 5.69 Å². The molecule has 0 aromatic carbocycles. The molecule has 0 fully saturated rings. The first-order valence-electron chi connectivity index (χ1n) is 6.20. The number of thiophene rings is 1. The van der Waals surface area contributed by atoms with Gasteiger partial charge in [0.1, 0.15) is 21.1 Å². The van der Waals surface area contributed by atoms with Gasteiger partial charge in [-0.25, -0.2) is 19.7 Å². The third-order valence-electron chi connectivity index (χ3n) is 2.85. The maximum absolute atomic E-state index is 11.1. The molecular formula is C13H11N3O2S3. The van der Waals surface area contributed by atoms with Crippen LogP contribution in [0.1, 0.15) is 27.2 Å². The Hall–Kier alpha value is -1.51. The van der Waals surface area contributed by atoms with E-state index < -0.39 is 5.97 Å². The average molecular weight is 337 g/mol. The van der Waals surface area contributed by atoms with Gasteiger partial charge in [-0.05, 0) is 31.2 Å². The highest BCUT2D eigenvalue weighted by Crippen LogP contribution is 2.37. The van der Waals surface area contributed by atoms with E-state index in [1.807, 2.05) is 0 Å². The van der Waals surface area contributed by atoms with E-state index in [9.17, 15) is 4.79 Å². The van der Waals surface area contributed by atoms with Crippen LogP contribution >= 0.6 is 34.4 Å². The summed E-state index contributed by atoms with van der Waals surface area (Å²) in [6.07, 6.45) is 2.50. The predicted molar refractivity (Wildman–Crippen MR) is 84.7 cm³/mol. The van der Waals surface area contributed by atoms with Gasteiger partial charge < -0.3 is 5.11 Å². The van der Waals surface area contributed by atoms with Crippen LogP contribution in [0.25, 0.3) is 10.2 Å². The smallest absolute Gasteiger partial charge is 0.347 e. The molecule has 0 unspecified atom stereocenters. The molecule has 0 aliphatic rings. The summed E-state index contributed by atoms with van der Waals surface area (Å²) < 4.78 is 0.689. The number of aromatic nitrogens is 3. The van der Waals surface area contributed by atoms with E-state index in [1.54, 1.807) is 24.6 Å². The lowest BCUT2D eigenvalue weighted by Gasteiger charge is -1.97. The van der Waals surface area contributed by atoms with Crippen molar-refractivity contribution in [2.75, 3.05) is 0 Å². The molecule has 0 saturated heterocycles. The van der Waals surface area contributed by atoms with Crippen molar-refractivity contribution in [3.8, 4) is 0 Å². The van der Waals surface area contributed by atoms with Gasteiger partial charge in [-0.3, -0.25) is 0 Å². The lowest BCUT2D eigenvalue weighted by Crippen LogP contribution is -1.94. The molecule has 108 valence electrons. The summed E-state index contributed by atoms with van der Waals surface area (Å²) in [6, 6.07) is 2.10. The van der Waals surface area contributed by atoms with Crippen LogP contribution in [-0.2, 0) is 6.42 Å². The number of thiazole rings is 1. The normalized spacial score (nSPS) is 11.1. The van der Waals surface area contributed by atoms with E-state index in [0.29, 0.717) is 10.0 Å². The van der Waals surface area contributed by atoms with E-state index in [0.717, 1.165) is 21.7 Å². The topological polar surface area (TPSA) is 76.0 Å². The molecule has 0 atom stereocenters. The van der Waals surface area contributed by atoms with Gasteiger partial charge in [-0.1, -0.05) is 18.3 Å². The standard InChI is InChI=1S/C13H11N3O2S3/c1-3-7-4-8-10(19-7)14-5-15-11(8)21-13-16-6(2)9(20-13)12(17)18/h4-5H,3H2,1-2H3,(H,17,18). The summed E-state index contributed by atoms with van der Waals surface area (Å²) in [6.45, 7) is 3.81. The molecule has 0 saturated carbocycles. The van der Waals surface area contributed by atoms with Gasteiger partial charge in [0.15, 0.2) is 4.34 Å². The Morgan fingerprint density at radius 2 is 2.19 bits per heavy atom. The van der Waals surface area contributed by atoms with Gasteiger partial charge in [0.2, 0.25) is 0 Å². The fourth-order valence-electron chi connectivity index (χ4n) is 1.84.